The summed E-state index contributed by atoms with van der Waals surface area (Å²) in [5.41, 5.74) is 0. The molecule has 8 heavy (non-hydrogen) atoms. The van der Waals surface area contributed by atoms with Gasteiger partial charge in [0.05, 0.1) is 10.9 Å². The van der Waals surface area contributed by atoms with E-state index in [0.717, 1.165) is 4.62 Å². The Labute approximate surface area is 60.0 Å². The first kappa shape index (κ1) is 6.51. The number of furan rings is 1. The summed E-state index contributed by atoms with van der Waals surface area (Å²) < 4.78 is 5.62. The zero-order valence-corrected chi connectivity index (χ0v) is 6.64. The summed E-state index contributed by atoms with van der Waals surface area (Å²) in [6.45, 7) is 0. The molecule has 1 rings (SSSR count). The van der Waals surface area contributed by atoms with E-state index in [-0.39, 0.29) is 0 Å². The lowest BCUT2D eigenvalue weighted by Gasteiger charge is -1.83. The van der Waals surface area contributed by atoms with E-state index >= 15 is 0 Å². The van der Waals surface area contributed by atoms with Gasteiger partial charge < -0.3 is 4.42 Å². The Morgan fingerprint density at radius 2 is 2.25 bits per heavy atom. The summed E-state index contributed by atoms with van der Waals surface area (Å²) in [6.07, 6.45) is 1.57. The van der Waals surface area contributed by atoms with Gasteiger partial charge in [-0.25, -0.2) is 20.1 Å². The van der Waals surface area contributed by atoms with Crippen LogP contribution in [0, 0.1) is 0 Å². The van der Waals surface area contributed by atoms with Crippen LogP contribution >= 0.6 is 20.1 Å². The van der Waals surface area contributed by atoms with Gasteiger partial charge in [-0.05, 0) is 12.1 Å². The van der Waals surface area contributed by atoms with Gasteiger partial charge in [-0.1, -0.05) is 0 Å². The topological polar surface area (TPSA) is 13.1 Å². The molecule has 4 heteroatoms. The molecule has 0 radical (unpaired) electrons. The maximum atomic E-state index is 5.56. The minimum Gasteiger partial charge on any atom is -0.484 e. The third-order valence-electron chi connectivity index (χ3n) is 0.758. The first-order valence-corrected chi connectivity index (χ1v) is 6.19. The molecule has 0 unspecified atom stereocenters. The van der Waals surface area contributed by atoms with Crippen LogP contribution in [0.4, 0.5) is 0 Å². The number of rotatable bonds is 1. The Hall–Kier alpha value is 0.392. The number of halogens is 2. The molecule has 1 nitrogen and oxygen atoms in total. The maximum Gasteiger partial charge on any atom is 0.600 e. The first-order valence-electron chi connectivity index (χ1n) is 2.12. The van der Waals surface area contributed by atoms with Crippen LogP contribution in [0.3, 0.4) is 0 Å². The highest BCUT2D eigenvalue weighted by molar-refractivity contribution is 7.39. The van der Waals surface area contributed by atoms with Gasteiger partial charge >= 0.3 is 12.3 Å². The largest absolute Gasteiger partial charge is 0.600 e. The van der Waals surface area contributed by atoms with Crippen LogP contribution in [-0.4, -0.2) is 12.3 Å². The predicted octanol–water partition coefficient (Wildman–Crippen LogP) is 1.45. The zero-order chi connectivity index (χ0) is 5.98. The molecule has 0 amide bonds. The Balaban J connectivity index is 2.77. The molecular weight excluding hydrogens is 162 g/mol. The lowest BCUT2D eigenvalue weighted by Crippen LogP contribution is -2.14. The van der Waals surface area contributed by atoms with Gasteiger partial charge in [-0.3, -0.25) is 0 Å². The van der Waals surface area contributed by atoms with Gasteiger partial charge in [-0.15, -0.1) is 0 Å². The van der Waals surface area contributed by atoms with Gasteiger partial charge in [0, 0.05) is 0 Å². The molecule has 0 bridgehead atoms. The summed E-state index contributed by atoms with van der Waals surface area (Å²) in [6, 6.07) is 3.57. The average Bonchev–Trinajstić information content (AvgIpc) is 2.12. The smallest absolute Gasteiger partial charge is 0.484 e. The molecule has 0 saturated heterocycles. The van der Waals surface area contributed by atoms with E-state index in [1.807, 2.05) is 0 Å². The molecule has 0 fully saturated rings. The van der Waals surface area contributed by atoms with Crippen LogP contribution in [0.1, 0.15) is 0 Å². The summed E-state index contributed by atoms with van der Waals surface area (Å²) in [4.78, 5) is 0. The summed E-state index contributed by atoms with van der Waals surface area (Å²) in [7, 11) is 11.1. The van der Waals surface area contributed by atoms with Gasteiger partial charge in [0.15, 0.2) is 0 Å². The average molecular weight is 165 g/mol. The Morgan fingerprint density at radius 3 is 2.50 bits per heavy atom. The normalized spacial score (nSPS) is 9.25. The molecule has 0 aliphatic rings. The van der Waals surface area contributed by atoms with E-state index in [4.69, 9.17) is 24.5 Å². The molecule has 0 aliphatic heterocycles. The van der Waals surface area contributed by atoms with E-state index in [1.54, 1.807) is 18.4 Å². The second-order valence-corrected chi connectivity index (χ2v) is 5.78. The second-order valence-electron chi connectivity index (χ2n) is 1.32. The minimum atomic E-state index is -1.70. The molecule has 1 heterocycles. The van der Waals surface area contributed by atoms with Crippen molar-refractivity contribution in [1.29, 1.82) is 0 Å². The van der Waals surface area contributed by atoms with Crippen molar-refractivity contribution in [2.24, 2.45) is 0 Å². The van der Waals surface area contributed by atoms with Crippen molar-refractivity contribution in [2.45, 2.75) is 0 Å². The van der Waals surface area contributed by atoms with Gasteiger partial charge in [0.1, 0.15) is 0 Å². The number of hydrogen-bond acceptors (Lipinski definition) is 1. The fourth-order valence-corrected chi connectivity index (χ4v) is 1.60. The highest BCUT2D eigenvalue weighted by Crippen LogP contribution is 1.96. The van der Waals surface area contributed by atoms with Gasteiger partial charge in [0.25, 0.3) is 0 Å². The molecule has 0 atom stereocenters. The van der Waals surface area contributed by atoms with E-state index < -0.39 is 12.3 Å². The van der Waals surface area contributed by atoms with Crippen molar-refractivity contribution < 1.29 is 4.42 Å². The zero-order valence-electron chi connectivity index (χ0n) is 3.97. The van der Waals surface area contributed by atoms with Crippen LogP contribution in [0.5, 0.6) is 0 Å². The lowest BCUT2D eigenvalue weighted by atomic mass is 10.7. The van der Waals surface area contributed by atoms with E-state index in [1.165, 1.54) is 0 Å². The van der Waals surface area contributed by atoms with Crippen molar-refractivity contribution in [2.75, 3.05) is 0 Å². The second kappa shape index (κ2) is 2.80. The van der Waals surface area contributed by atoms with E-state index in [2.05, 4.69) is 0 Å². The highest BCUT2D eigenvalue weighted by Gasteiger charge is 2.16. The quantitative estimate of drug-likeness (QED) is 0.574. The number of hydrogen-bond donors (Lipinski definition) is 0. The predicted molar refractivity (Wildman–Crippen MR) is 35.8 cm³/mol. The maximum absolute atomic E-state index is 5.56. The SMILES string of the molecule is [Cl][Al]([Cl])[c]1ccco1. The summed E-state index contributed by atoms with van der Waals surface area (Å²) in [5.74, 6) is 0. The van der Waals surface area contributed by atoms with Crippen LogP contribution in [-0.2, 0) is 0 Å². The van der Waals surface area contributed by atoms with Crippen molar-refractivity contribution in [3.8, 4) is 0 Å². The summed E-state index contributed by atoms with van der Waals surface area (Å²) in [5, 5.41) is 0. The summed E-state index contributed by atoms with van der Waals surface area (Å²) >= 11 is -1.70. The molecule has 1 aromatic heterocycles. The molecule has 0 saturated carbocycles. The molecule has 0 aliphatic carbocycles. The Bertz CT molecular complexity index is 149. The molecule has 0 N–H and O–H groups in total. The van der Waals surface area contributed by atoms with Crippen molar-refractivity contribution in [3.63, 3.8) is 0 Å². The van der Waals surface area contributed by atoms with Crippen molar-refractivity contribution in [1.82, 2.24) is 0 Å². The molecular formula is C4H3AlCl2O. The van der Waals surface area contributed by atoms with Crippen LogP contribution in [0.25, 0.3) is 0 Å². The van der Waals surface area contributed by atoms with Gasteiger partial charge in [-0.2, -0.15) is 0 Å². The molecule has 1 aromatic rings. The third kappa shape index (κ3) is 1.43. The Morgan fingerprint density at radius 1 is 1.50 bits per heavy atom. The molecule has 0 spiro atoms. The standard InChI is InChI=1S/C4H3O.Al.2ClH/c1-2-4-5-3-1;;;/h1-3H;;2*1H/q;+2;;/p-2. The lowest BCUT2D eigenvalue weighted by molar-refractivity contribution is 0.601. The third-order valence-corrected chi connectivity index (χ3v) is 2.81. The van der Waals surface area contributed by atoms with Crippen LogP contribution < -0.4 is 4.62 Å². The van der Waals surface area contributed by atoms with E-state index in [0.29, 0.717) is 0 Å². The van der Waals surface area contributed by atoms with E-state index in [9.17, 15) is 0 Å². The fraction of sp³-hybridized carbons (Fsp3) is 0. The molecule has 42 valence electrons. The Kier molecular flexibility index (Phi) is 2.28. The van der Waals surface area contributed by atoms with Crippen molar-refractivity contribution in [3.05, 3.63) is 18.4 Å². The minimum absolute atomic E-state index is 0.730. The highest BCUT2D eigenvalue weighted by atomic mass is 35.7. The fourth-order valence-electron chi connectivity index (χ4n) is 0.415. The van der Waals surface area contributed by atoms with Gasteiger partial charge in [0.2, 0.25) is 0 Å². The monoisotopic (exact) mass is 164 g/mol. The molecule has 0 aromatic carbocycles. The van der Waals surface area contributed by atoms with Crippen molar-refractivity contribution >= 4 is 37.0 Å². The van der Waals surface area contributed by atoms with Crippen LogP contribution in [0.15, 0.2) is 22.8 Å². The van der Waals surface area contributed by atoms with Crippen LogP contribution in [0.2, 0.25) is 0 Å². The first-order chi connectivity index (χ1) is 3.80.